The summed E-state index contributed by atoms with van der Waals surface area (Å²) >= 11 is 2.30. The van der Waals surface area contributed by atoms with Crippen molar-refractivity contribution >= 4 is 28.5 Å². The maximum Gasteiger partial charge on any atom is 0.216 e. The van der Waals surface area contributed by atoms with Gasteiger partial charge in [-0.15, -0.1) is 0 Å². The zero-order valence-electron chi connectivity index (χ0n) is 9.13. The largest absolute Gasteiger partial charge is 0.376 e. The fraction of sp³-hybridized carbons (Fsp3) is 0.417. The molecule has 1 N–H and O–H groups in total. The third-order valence-electron chi connectivity index (χ3n) is 2.72. The van der Waals surface area contributed by atoms with Gasteiger partial charge in [-0.25, -0.2) is 0 Å². The minimum atomic E-state index is 0.0117. The Morgan fingerprint density at radius 3 is 3.19 bits per heavy atom. The molecule has 1 aromatic carbocycles. The summed E-state index contributed by atoms with van der Waals surface area (Å²) in [4.78, 5) is 10.9. The number of rotatable bonds is 2. The Kier molecular flexibility index (Phi) is 3.81. The number of carbonyl (C=O) groups excluding carboxylic acids is 1. The minimum Gasteiger partial charge on any atom is -0.376 e. The van der Waals surface area contributed by atoms with Crippen molar-refractivity contribution < 1.29 is 9.53 Å². The van der Waals surface area contributed by atoms with Crippen LogP contribution in [0.25, 0.3) is 0 Å². The quantitative estimate of drug-likeness (QED) is 0.843. The van der Waals surface area contributed by atoms with E-state index in [4.69, 9.17) is 4.74 Å². The molecule has 1 aliphatic heterocycles. The molecule has 0 saturated heterocycles. The van der Waals surface area contributed by atoms with Crippen LogP contribution in [0.3, 0.4) is 0 Å². The molecule has 16 heavy (non-hydrogen) atoms. The molecule has 2 rings (SSSR count). The zero-order valence-corrected chi connectivity index (χ0v) is 11.3. The van der Waals surface area contributed by atoms with Crippen LogP contribution in [-0.4, -0.2) is 19.1 Å². The third kappa shape index (κ3) is 2.74. The van der Waals surface area contributed by atoms with Gasteiger partial charge in [-0.05, 0) is 45.9 Å². The van der Waals surface area contributed by atoms with E-state index >= 15 is 0 Å². The average Bonchev–Trinajstić information content (AvgIpc) is 2.25. The highest BCUT2D eigenvalue weighted by molar-refractivity contribution is 14.1. The Balaban J connectivity index is 2.16. The van der Waals surface area contributed by atoms with E-state index in [1.165, 1.54) is 14.7 Å². The lowest BCUT2D eigenvalue weighted by Crippen LogP contribution is -2.30. The van der Waals surface area contributed by atoms with Gasteiger partial charge in [0.05, 0.1) is 13.2 Å². The monoisotopic (exact) mass is 331 g/mol. The number of fused-ring (bicyclic) bond motifs is 1. The SMILES string of the molecule is CC(=O)NCC1COCc2cc(I)ccc21. The maximum atomic E-state index is 10.9. The highest BCUT2D eigenvalue weighted by Crippen LogP contribution is 2.27. The highest BCUT2D eigenvalue weighted by atomic mass is 127. The summed E-state index contributed by atoms with van der Waals surface area (Å²) < 4.78 is 6.76. The molecular formula is C12H14INO2. The topological polar surface area (TPSA) is 38.3 Å². The van der Waals surface area contributed by atoms with Crippen LogP contribution in [0.15, 0.2) is 18.2 Å². The molecule has 1 amide bonds. The summed E-state index contributed by atoms with van der Waals surface area (Å²) in [5.74, 6) is 0.294. The summed E-state index contributed by atoms with van der Waals surface area (Å²) in [6.07, 6.45) is 0. The molecule has 1 heterocycles. The van der Waals surface area contributed by atoms with Gasteiger partial charge in [0.15, 0.2) is 0 Å². The summed E-state index contributed by atoms with van der Waals surface area (Å²) in [7, 11) is 0. The molecule has 86 valence electrons. The van der Waals surface area contributed by atoms with Crippen molar-refractivity contribution in [2.75, 3.05) is 13.2 Å². The molecule has 1 atom stereocenters. The van der Waals surface area contributed by atoms with E-state index < -0.39 is 0 Å². The van der Waals surface area contributed by atoms with Gasteiger partial charge < -0.3 is 10.1 Å². The summed E-state index contributed by atoms with van der Waals surface area (Å²) in [6, 6.07) is 6.40. The van der Waals surface area contributed by atoms with Crippen molar-refractivity contribution in [1.82, 2.24) is 5.32 Å². The molecule has 3 nitrogen and oxygen atoms in total. The second-order valence-electron chi connectivity index (χ2n) is 3.99. The van der Waals surface area contributed by atoms with Gasteiger partial charge in [0.25, 0.3) is 0 Å². The number of amides is 1. The molecule has 0 radical (unpaired) electrons. The second-order valence-corrected chi connectivity index (χ2v) is 5.24. The highest BCUT2D eigenvalue weighted by Gasteiger charge is 2.20. The van der Waals surface area contributed by atoms with Gasteiger partial charge in [0, 0.05) is 23.0 Å². The van der Waals surface area contributed by atoms with Crippen LogP contribution < -0.4 is 5.32 Å². The average molecular weight is 331 g/mol. The standard InChI is InChI=1S/C12H14INO2/c1-8(15)14-5-10-7-16-6-9-4-11(13)2-3-12(9)10/h2-4,10H,5-7H2,1H3,(H,14,15). The minimum absolute atomic E-state index is 0.0117. The van der Waals surface area contributed by atoms with Crippen molar-refractivity contribution in [2.45, 2.75) is 19.4 Å². The number of hydrogen-bond acceptors (Lipinski definition) is 2. The molecule has 0 spiro atoms. The summed E-state index contributed by atoms with van der Waals surface area (Å²) in [5, 5.41) is 2.85. The van der Waals surface area contributed by atoms with Crippen LogP contribution in [0.4, 0.5) is 0 Å². The van der Waals surface area contributed by atoms with Crippen molar-refractivity contribution in [3.05, 3.63) is 32.9 Å². The Labute approximate surface area is 109 Å². The first-order valence-corrected chi connectivity index (χ1v) is 6.35. The maximum absolute atomic E-state index is 10.9. The van der Waals surface area contributed by atoms with Crippen LogP contribution in [0.1, 0.15) is 24.0 Å². The lowest BCUT2D eigenvalue weighted by Gasteiger charge is -2.26. The van der Waals surface area contributed by atoms with Crippen LogP contribution in [-0.2, 0) is 16.1 Å². The first-order valence-electron chi connectivity index (χ1n) is 5.27. The Bertz CT molecular complexity index is 406. The normalized spacial score (nSPS) is 19.0. The molecule has 1 unspecified atom stereocenters. The molecule has 0 saturated carbocycles. The van der Waals surface area contributed by atoms with Gasteiger partial charge in [-0.1, -0.05) is 6.07 Å². The van der Waals surface area contributed by atoms with Crippen LogP contribution in [0, 0.1) is 3.57 Å². The van der Waals surface area contributed by atoms with Crippen molar-refractivity contribution in [1.29, 1.82) is 0 Å². The van der Waals surface area contributed by atoms with E-state index in [0.717, 1.165) is 0 Å². The number of benzene rings is 1. The van der Waals surface area contributed by atoms with Crippen molar-refractivity contribution in [2.24, 2.45) is 0 Å². The summed E-state index contributed by atoms with van der Waals surface area (Å²) in [6.45, 7) is 3.57. The van der Waals surface area contributed by atoms with Crippen molar-refractivity contribution in [3.8, 4) is 0 Å². The van der Waals surface area contributed by atoms with E-state index in [1.54, 1.807) is 6.92 Å². The number of nitrogens with one attached hydrogen (secondary N) is 1. The van der Waals surface area contributed by atoms with Crippen LogP contribution >= 0.6 is 22.6 Å². The first kappa shape index (κ1) is 11.9. The fourth-order valence-electron chi connectivity index (χ4n) is 1.93. The summed E-state index contributed by atoms with van der Waals surface area (Å²) in [5.41, 5.74) is 2.55. The van der Waals surface area contributed by atoms with E-state index in [0.29, 0.717) is 19.8 Å². The van der Waals surface area contributed by atoms with Gasteiger partial charge in [-0.2, -0.15) is 0 Å². The molecule has 1 aliphatic rings. The van der Waals surface area contributed by atoms with Gasteiger partial charge in [0.2, 0.25) is 5.91 Å². The van der Waals surface area contributed by atoms with Gasteiger partial charge >= 0.3 is 0 Å². The Hall–Kier alpha value is -0.620. The van der Waals surface area contributed by atoms with E-state index in [-0.39, 0.29) is 11.8 Å². The molecule has 0 aromatic heterocycles. The Morgan fingerprint density at radius 1 is 1.62 bits per heavy atom. The number of ether oxygens (including phenoxy) is 1. The van der Waals surface area contributed by atoms with E-state index in [2.05, 4.69) is 46.1 Å². The first-order chi connectivity index (χ1) is 7.66. The molecule has 0 fully saturated rings. The van der Waals surface area contributed by atoms with Gasteiger partial charge in [-0.3, -0.25) is 4.79 Å². The van der Waals surface area contributed by atoms with Gasteiger partial charge in [0.1, 0.15) is 0 Å². The van der Waals surface area contributed by atoms with Crippen LogP contribution in [0.2, 0.25) is 0 Å². The zero-order chi connectivity index (χ0) is 11.5. The smallest absolute Gasteiger partial charge is 0.216 e. The number of halogens is 1. The van der Waals surface area contributed by atoms with E-state index in [1.807, 2.05) is 0 Å². The molecule has 1 aromatic rings. The second kappa shape index (κ2) is 5.14. The molecule has 0 aliphatic carbocycles. The number of hydrogen-bond donors (Lipinski definition) is 1. The number of carbonyl (C=O) groups is 1. The molecule has 4 heteroatoms. The fourth-order valence-corrected chi connectivity index (χ4v) is 2.49. The third-order valence-corrected chi connectivity index (χ3v) is 3.39. The molecular weight excluding hydrogens is 317 g/mol. The molecule has 0 bridgehead atoms. The Morgan fingerprint density at radius 2 is 2.44 bits per heavy atom. The van der Waals surface area contributed by atoms with Crippen molar-refractivity contribution in [3.63, 3.8) is 0 Å². The van der Waals surface area contributed by atoms with Crippen LogP contribution in [0.5, 0.6) is 0 Å². The lowest BCUT2D eigenvalue weighted by molar-refractivity contribution is -0.119. The predicted molar refractivity (Wildman–Crippen MR) is 70.2 cm³/mol. The van der Waals surface area contributed by atoms with E-state index in [9.17, 15) is 4.79 Å². The lowest BCUT2D eigenvalue weighted by atomic mass is 9.93. The predicted octanol–water partition coefficient (Wildman–Crippen LogP) is 2.04.